The van der Waals surface area contributed by atoms with Crippen LogP contribution in [0.25, 0.3) is 0 Å². The average Bonchev–Trinajstić information content (AvgIpc) is 3.03. The third kappa shape index (κ3) is 2.49. The molecule has 1 aromatic heterocycles. The number of rotatable bonds is 3. The summed E-state index contributed by atoms with van der Waals surface area (Å²) in [5, 5.41) is 14.9. The van der Waals surface area contributed by atoms with Gasteiger partial charge in [-0.2, -0.15) is 0 Å². The second kappa shape index (κ2) is 4.67. The van der Waals surface area contributed by atoms with Crippen LogP contribution in [-0.2, 0) is 14.8 Å². The molecule has 1 heterocycles. The van der Waals surface area contributed by atoms with Gasteiger partial charge in [0.25, 0.3) is 0 Å². The summed E-state index contributed by atoms with van der Waals surface area (Å²) in [7, 11) is -3.97. The standard InChI is InChI=1S/C13H19N3O4S/c1-12(2,3)16(11(17)18)10-8-13(10,21(14,19)20)9-4-6-15-7-5-9/h4-7,10H,8H2,1-3H3,(H,17,18)(H2,14,19,20). The maximum absolute atomic E-state index is 12.1. The van der Waals surface area contributed by atoms with Crippen molar-refractivity contribution >= 4 is 16.1 Å². The topological polar surface area (TPSA) is 114 Å². The molecule has 7 nitrogen and oxygen atoms in total. The summed E-state index contributed by atoms with van der Waals surface area (Å²) in [6.07, 6.45) is 1.94. The van der Waals surface area contributed by atoms with Gasteiger partial charge in [-0.3, -0.25) is 9.88 Å². The van der Waals surface area contributed by atoms with E-state index in [2.05, 4.69) is 4.98 Å². The lowest BCUT2D eigenvalue weighted by Gasteiger charge is -2.35. The monoisotopic (exact) mass is 313 g/mol. The number of amides is 1. The van der Waals surface area contributed by atoms with Crippen molar-refractivity contribution in [1.82, 2.24) is 9.88 Å². The lowest BCUT2D eigenvalue weighted by Crippen LogP contribution is -2.50. The summed E-state index contributed by atoms with van der Waals surface area (Å²) in [5.41, 5.74) is -0.254. The van der Waals surface area contributed by atoms with Crippen molar-refractivity contribution in [3.8, 4) is 0 Å². The van der Waals surface area contributed by atoms with E-state index in [1.54, 1.807) is 32.9 Å². The number of carboxylic acid groups (broad SMARTS) is 1. The van der Waals surface area contributed by atoms with Crippen LogP contribution in [-0.4, -0.2) is 41.1 Å². The zero-order chi connectivity index (χ0) is 16.1. The molecule has 116 valence electrons. The van der Waals surface area contributed by atoms with Gasteiger partial charge in [0.05, 0.1) is 6.04 Å². The molecular formula is C13H19N3O4S. The number of sulfonamides is 1. The summed E-state index contributed by atoms with van der Waals surface area (Å²) < 4.78 is 22.8. The van der Waals surface area contributed by atoms with Gasteiger partial charge in [-0.15, -0.1) is 0 Å². The second-order valence-corrected chi connectivity index (χ2v) is 8.03. The highest BCUT2D eigenvalue weighted by molar-refractivity contribution is 7.90. The Labute approximate surface area is 123 Å². The van der Waals surface area contributed by atoms with Gasteiger partial charge in [0.15, 0.2) is 0 Å². The van der Waals surface area contributed by atoms with Gasteiger partial charge in [0, 0.05) is 17.9 Å². The molecule has 1 aliphatic rings. The fourth-order valence-corrected chi connectivity index (χ4v) is 4.17. The van der Waals surface area contributed by atoms with E-state index in [-0.39, 0.29) is 6.42 Å². The molecule has 0 aliphatic heterocycles. The lowest BCUT2D eigenvalue weighted by molar-refractivity contribution is 0.0927. The molecule has 2 unspecified atom stereocenters. The van der Waals surface area contributed by atoms with Crippen molar-refractivity contribution in [2.24, 2.45) is 5.14 Å². The molecule has 8 heteroatoms. The molecule has 1 fully saturated rings. The van der Waals surface area contributed by atoms with Crippen molar-refractivity contribution in [3.05, 3.63) is 30.1 Å². The highest BCUT2D eigenvalue weighted by Crippen LogP contribution is 2.55. The summed E-state index contributed by atoms with van der Waals surface area (Å²) in [4.78, 5) is 16.6. The second-order valence-electron chi connectivity index (χ2n) is 6.21. The first-order chi connectivity index (χ1) is 9.52. The highest BCUT2D eigenvalue weighted by Gasteiger charge is 2.68. The number of pyridine rings is 1. The normalized spacial score (nSPS) is 25.4. The number of hydrogen-bond acceptors (Lipinski definition) is 4. The largest absolute Gasteiger partial charge is 0.465 e. The molecule has 0 bridgehead atoms. The fourth-order valence-electron chi connectivity index (χ4n) is 2.83. The smallest absolute Gasteiger partial charge is 0.408 e. The van der Waals surface area contributed by atoms with Crippen LogP contribution in [0.15, 0.2) is 24.5 Å². The molecule has 3 N–H and O–H groups in total. The van der Waals surface area contributed by atoms with Crippen molar-refractivity contribution in [3.63, 3.8) is 0 Å². The Morgan fingerprint density at radius 1 is 1.43 bits per heavy atom. The first kappa shape index (κ1) is 15.7. The first-order valence-electron chi connectivity index (χ1n) is 6.47. The Morgan fingerprint density at radius 3 is 2.33 bits per heavy atom. The van der Waals surface area contributed by atoms with E-state index in [1.165, 1.54) is 12.4 Å². The van der Waals surface area contributed by atoms with Crippen LogP contribution in [0.1, 0.15) is 32.8 Å². The molecule has 1 aliphatic carbocycles. The van der Waals surface area contributed by atoms with Crippen molar-refractivity contribution in [2.75, 3.05) is 0 Å². The fraction of sp³-hybridized carbons (Fsp3) is 0.538. The maximum Gasteiger partial charge on any atom is 0.408 e. The molecule has 2 atom stereocenters. The average molecular weight is 313 g/mol. The summed E-state index contributed by atoms with van der Waals surface area (Å²) >= 11 is 0. The van der Waals surface area contributed by atoms with Gasteiger partial charge >= 0.3 is 6.09 Å². The summed E-state index contributed by atoms with van der Waals surface area (Å²) in [6.45, 7) is 5.17. The van der Waals surface area contributed by atoms with E-state index in [0.29, 0.717) is 5.56 Å². The molecular weight excluding hydrogens is 294 g/mol. The van der Waals surface area contributed by atoms with Crippen molar-refractivity contribution in [1.29, 1.82) is 0 Å². The minimum Gasteiger partial charge on any atom is -0.465 e. The Bertz CT molecular complexity index is 654. The predicted molar refractivity (Wildman–Crippen MR) is 77.0 cm³/mol. The van der Waals surface area contributed by atoms with Gasteiger partial charge in [0.2, 0.25) is 10.0 Å². The van der Waals surface area contributed by atoms with Gasteiger partial charge in [-0.25, -0.2) is 18.4 Å². The zero-order valence-corrected chi connectivity index (χ0v) is 13.0. The number of nitrogens with two attached hydrogens (primary N) is 1. The van der Waals surface area contributed by atoms with E-state index in [1.807, 2.05) is 0 Å². The number of carbonyl (C=O) groups is 1. The van der Waals surface area contributed by atoms with Crippen LogP contribution in [0.5, 0.6) is 0 Å². The molecule has 0 spiro atoms. The molecule has 0 radical (unpaired) electrons. The zero-order valence-electron chi connectivity index (χ0n) is 12.1. The third-order valence-electron chi connectivity index (χ3n) is 3.79. The van der Waals surface area contributed by atoms with Crippen LogP contribution >= 0.6 is 0 Å². The van der Waals surface area contributed by atoms with Crippen molar-refractivity contribution < 1.29 is 18.3 Å². The van der Waals surface area contributed by atoms with Gasteiger partial charge in [-0.1, -0.05) is 0 Å². The van der Waals surface area contributed by atoms with E-state index in [9.17, 15) is 18.3 Å². The Hall–Kier alpha value is -1.67. The molecule has 0 saturated heterocycles. The predicted octanol–water partition coefficient (Wildman–Crippen LogP) is 1.12. The number of primary sulfonamides is 1. The van der Waals surface area contributed by atoms with Crippen molar-refractivity contribution in [2.45, 2.75) is 43.5 Å². The SMILES string of the molecule is CC(C)(C)N(C(=O)O)C1CC1(c1ccncc1)S(N)(=O)=O. The van der Waals surface area contributed by atoms with Crippen LogP contribution in [0, 0.1) is 0 Å². The Kier molecular flexibility index (Phi) is 3.50. The molecule has 1 saturated carbocycles. The van der Waals surface area contributed by atoms with Gasteiger partial charge in [-0.05, 0) is 44.9 Å². The molecule has 21 heavy (non-hydrogen) atoms. The molecule has 1 amide bonds. The van der Waals surface area contributed by atoms with Crippen LogP contribution in [0.2, 0.25) is 0 Å². The van der Waals surface area contributed by atoms with Crippen LogP contribution in [0.4, 0.5) is 4.79 Å². The molecule has 2 rings (SSSR count). The molecule has 0 aromatic carbocycles. The highest BCUT2D eigenvalue weighted by atomic mass is 32.2. The van der Waals surface area contributed by atoms with E-state index < -0.39 is 32.4 Å². The van der Waals surface area contributed by atoms with Crippen LogP contribution < -0.4 is 5.14 Å². The number of nitrogens with zero attached hydrogens (tertiary/aromatic N) is 2. The number of hydrogen-bond donors (Lipinski definition) is 2. The quantitative estimate of drug-likeness (QED) is 0.868. The van der Waals surface area contributed by atoms with E-state index >= 15 is 0 Å². The van der Waals surface area contributed by atoms with E-state index in [4.69, 9.17) is 5.14 Å². The van der Waals surface area contributed by atoms with Gasteiger partial charge in [0.1, 0.15) is 4.75 Å². The first-order valence-corrected chi connectivity index (χ1v) is 8.01. The molecule has 1 aromatic rings. The Morgan fingerprint density at radius 2 is 1.95 bits per heavy atom. The summed E-state index contributed by atoms with van der Waals surface area (Å²) in [5.74, 6) is 0. The third-order valence-corrected chi connectivity index (χ3v) is 5.48. The minimum atomic E-state index is -3.97. The maximum atomic E-state index is 12.1. The minimum absolute atomic E-state index is 0.152. The number of aromatic nitrogens is 1. The lowest BCUT2D eigenvalue weighted by atomic mass is 10.1. The Balaban J connectivity index is 2.53. The van der Waals surface area contributed by atoms with Gasteiger partial charge < -0.3 is 5.11 Å². The van der Waals surface area contributed by atoms with E-state index in [0.717, 1.165) is 4.90 Å². The summed E-state index contributed by atoms with van der Waals surface area (Å²) in [6, 6.07) is 2.42. The van der Waals surface area contributed by atoms with Crippen LogP contribution in [0.3, 0.4) is 0 Å².